The van der Waals surface area contributed by atoms with E-state index in [0.717, 1.165) is 20.9 Å². The fourth-order valence-electron chi connectivity index (χ4n) is 2.60. The molecule has 0 spiro atoms. The largest absolute Gasteiger partial charge is 0.271 e. The number of hydrogen-bond donors (Lipinski definition) is 2. The van der Waals surface area contributed by atoms with Gasteiger partial charge in [-0.3, -0.25) is 10.8 Å². The van der Waals surface area contributed by atoms with Gasteiger partial charge in [0.25, 0.3) is 0 Å². The van der Waals surface area contributed by atoms with Gasteiger partial charge in [0.1, 0.15) is 0 Å². The Labute approximate surface area is 132 Å². The lowest BCUT2D eigenvalue weighted by atomic mass is 9.94. The molecule has 0 amide bonds. The molecule has 0 saturated heterocycles. The molecule has 4 heteroatoms. The Hall–Kier alpha value is -1.75. The fourth-order valence-corrected chi connectivity index (χ4v) is 3.08. The monoisotopic (exact) mass is 341 g/mol. The molecule has 3 N–H and O–H groups in total. The van der Waals surface area contributed by atoms with Crippen LogP contribution < -0.4 is 11.3 Å². The first-order valence-corrected chi connectivity index (χ1v) is 7.55. The second-order valence-electron chi connectivity index (χ2n) is 5.06. The highest BCUT2D eigenvalue weighted by atomic mass is 79.9. The second kappa shape index (κ2) is 5.93. The maximum absolute atomic E-state index is 5.81. The summed E-state index contributed by atoms with van der Waals surface area (Å²) in [5, 5.41) is 1.12. The summed E-state index contributed by atoms with van der Waals surface area (Å²) < 4.78 is 1.07. The molecule has 0 aliphatic rings. The van der Waals surface area contributed by atoms with Crippen molar-refractivity contribution in [3.63, 3.8) is 0 Å². The molecule has 1 heterocycles. The van der Waals surface area contributed by atoms with Gasteiger partial charge in [-0.1, -0.05) is 34.1 Å². The maximum atomic E-state index is 5.81. The lowest BCUT2D eigenvalue weighted by Crippen LogP contribution is -2.29. The molecule has 21 heavy (non-hydrogen) atoms. The van der Waals surface area contributed by atoms with Crippen LogP contribution in [-0.2, 0) is 0 Å². The molecule has 2 aromatic carbocycles. The van der Waals surface area contributed by atoms with E-state index >= 15 is 0 Å². The van der Waals surface area contributed by atoms with Crippen molar-refractivity contribution in [1.82, 2.24) is 10.4 Å². The maximum Gasteiger partial charge on any atom is 0.0712 e. The molecule has 3 rings (SSSR count). The number of aryl methyl sites for hydroxylation is 1. The normalized spacial score (nSPS) is 12.5. The summed E-state index contributed by atoms with van der Waals surface area (Å²) in [5.41, 5.74) is 7.41. The number of nitrogens with two attached hydrogens (primary N) is 1. The van der Waals surface area contributed by atoms with Crippen LogP contribution >= 0.6 is 15.9 Å². The van der Waals surface area contributed by atoms with Crippen LogP contribution in [0.1, 0.15) is 22.7 Å². The molecule has 0 aliphatic heterocycles. The molecule has 3 nitrogen and oxygen atoms in total. The summed E-state index contributed by atoms with van der Waals surface area (Å²) in [7, 11) is 0. The number of nitrogens with zero attached hydrogens (tertiary/aromatic N) is 1. The minimum atomic E-state index is -0.0392. The van der Waals surface area contributed by atoms with E-state index in [1.54, 1.807) is 6.20 Å². The number of pyridine rings is 1. The van der Waals surface area contributed by atoms with E-state index in [2.05, 4.69) is 63.6 Å². The molecule has 1 aromatic heterocycles. The van der Waals surface area contributed by atoms with Gasteiger partial charge in [-0.25, -0.2) is 5.43 Å². The Bertz CT molecular complexity index is 786. The molecule has 106 valence electrons. The van der Waals surface area contributed by atoms with Gasteiger partial charge in [-0.15, -0.1) is 0 Å². The Kier molecular flexibility index (Phi) is 4.01. The zero-order valence-electron chi connectivity index (χ0n) is 11.7. The number of halogens is 1. The van der Waals surface area contributed by atoms with Crippen LogP contribution in [-0.4, -0.2) is 4.98 Å². The first-order valence-electron chi connectivity index (χ1n) is 6.76. The number of hydrogen-bond acceptors (Lipinski definition) is 3. The van der Waals surface area contributed by atoms with Gasteiger partial charge < -0.3 is 0 Å². The zero-order valence-corrected chi connectivity index (χ0v) is 13.3. The predicted octanol–water partition coefficient (Wildman–Crippen LogP) is 3.86. The third-order valence-corrected chi connectivity index (χ3v) is 4.16. The summed E-state index contributed by atoms with van der Waals surface area (Å²) in [5.74, 6) is 5.81. The van der Waals surface area contributed by atoms with Crippen molar-refractivity contribution < 1.29 is 0 Å². The molecule has 0 saturated carbocycles. The molecule has 3 aromatic rings. The highest BCUT2D eigenvalue weighted by Gasteiger charge is 2.15. The molecular formula is C17H16BrN3. The number of aromatic nitrogens is 1. The van der Waals surface area contributed by atoms with Crippen LogP contribution in [0.25, 0.3) is 10.9 Å². The number of benzene rings is 2. The van der Waals surface area contributed by atoms with Gasteiger partial charge in [-0.05, 0) is 53.9 Å². The predicted molar refractivity (Wildman–Crippen MR) is 89.8 cm³/mol. The summed E-state index contributed by atoms with van der Waals surface area (Å²) in [6.07, 6.45) is 1.81. The van der Waals surface area contributed by atoms with Crippen LogP contribution in [0, 0.1) is 6.92 Å². The summed E-state index contributed by atoms with van der Waals surface area (Å²) >= 11 is 3.50. The van der Waals surface area contributed by atoms with Gasteiger partial charge >= 0.3 is 0 Å². The first-order chi connectivity index (χ1) is 10.2. The van der Waals surface area contributed by atoms with E-state index in [4.69, 9.17) is 5.84 Å². The first kappa shape index (κ1) is 14.2. The van der Waals surface area contributed by atoms with Crippen molar-refractivity contribution in [2.75, 3.05) is 0 Å². The molecule has 1 unspecified atom stereocenters. The van der Waals surface area contributed by atoms with Crippen molar-refractivity contribution in [2.45, 2.75) is 13.0 Å². The van der Waals surface area contributed by atoms with Crippen molar-refractivity contribution in [2.24, 2.45) is 5.84 Å². The van der Waals surface area contributed by atoms with Crippen LogP contribution in [0.5, 0.6) is 0 Å². The second-order valence-corrected chi connectivity index (χ2v) is 5.97. The van der Waals surface area contributed by atoms with E-state index in [9.17, 15) is 0 Å². The van der Waals surface area contributed by atoms with Crippen molar-refractivity contribution in [3.05, 3.63) is 75.9 Å². The summed E-state index contributed by atoms with van der Waals surface area (Å²) in [4.78, 5) is 4.35. The molecule has 1 atom stereocenters. The Morgan fingerprint density at radius 2 is 2.00 bits per heavy atom. The van der Waals surface area contributed by atoms with Crippen LogP contribution in [0.15, 0.2) is 59.2 Å². The number of rotatable bonds is 3. The Balaban J connectivity index is 2.09. The molecule has 0 bridgehead atoms. The third-order valence-electron chi connectivity index (χ3n) is 3.67. The molecule has 0 fully saturated rings. The lowest BCUT2D eigenvalue weighted by molar-refractivity contribution is 0.634. The number of nitrogens with one attached hydrogen (secondary N) is 1. The number of hydrazine groups is 1. The van der Waals surface area contributed by atoms with Crippen molar-refractivity contribution in [3.8, 4) is 0 Å². The molecule has 0 aliphatic carbocycles. The van der Waals surface area contributed by atoms with Gasteiger partial charge in [0, 0.05) is 16.1 Å². The number of fused-ring (bicyclic) bond motifs is 1. The van der Waals surface area contributed by atoms with Crippen molar-refractivity contribution >= 4 is 26.8 Å². The van der Waals surface area contributed by atoms with E-state index in [1.165, 1.54) is 11.1 Å². The average Bonchev–Trinajstić information content (AvgIpc) is 2.50. The fraction of sp³-hybridized carbons (Fsp3) is 0.118. The molecular weight excluding hydrogens is 326 g/mol. The van der Waals surface area contributed by atoms with Gasteiger partial charge in [0.15, 0.2) is 0 Å². The smallest absolute Gasteiger partial charge is 0.0712 e. The average molecular weight is 342 g/mol. The lowest BCUT2D eigenvalue weighted by Gasteiger charge is -2.19. The van der Waals surface area contributed by atoms with Crippen LogP contribution in [0.2, 0.25) is 0 Å². The van der Waals surface area contributed by atoms with Gasteiger partial charge in [0.2, 0.25) is 0 Å². The van der Waals surface area contributed by atoms with Crippen LogP contribution in [0.4, 0.5) is 0 Å². The van der Waals surface area contributed by atoms with E-state index in [1.807, 2.05) is 18.2 Å². The van der Waals surface area contributed by atoms with Crippen LogP contribution in [0.3, 0.4) is 0 Å². The minimum absolute atomic E-state index is 0.0392. The van der Waals surface area contributed by atoms with E-state index < -0.39 is 0 Å². The Morgan fingerprint density at radius 1 is 1.14 bits per heavy atom. The van der Waals surface area contributed by atoms with Gasteiger partial charge in [0.05, 0.1) is 11.6 Å². The highest BCUT2D eigenvalue weighted by Crippen LogP contribution is 2.28. The van der Waals surface area contributed by atoms with Crippen molar-refractivity contribution in [1.29, 1.82) is 0 Å². The quantitative estimate of drug-likeness (QED) is 0.561. The Morgan fingerprint density at radius 3 is 2.76 bits per heavy atom. The third kappa shape index (κ3) is 2.83. The van der Waals surface area contributed by atoms with E-state index in [-0.39, 0.29) is 6.04 Å². The zero-order chi connectivity index (χ0) is 14.8. The minimum Gasteiger partial charge on any atom is -0.271 e. The standard InChI is InChI=1S/C17H16BrN3/c1-11-9-14(18)5-6-15(11)17(21-19)13-4-7-16-12(10-13)3-2-8-20-16/h2-10,17,21H,19H2,1H3. The van der Waals surface area contributed by atoms with E-state index in [0.29, 0.717) is 0 Å². The molecule has 0 radical (unpaired) electrons. The van der Waals surface area contributed by atoms with Gasteiger partial charge in [-0.2, -0.15) is 0 Å². The SMILES string of the molecule is Cc1cc(Br)ccc1C(NN)c1ccc2ncccc2c1. The summed E-state index contributed by atoms with van der Waals surface area (Å²) in [6, 6.07) is 16.4. The topological polar surface area (TPSA) is 50.9 Å². The highest BCUT2D eigenvalue weighted by molar-refractivity contribution is 9.10. The summed E-state index contributed by atoms with van der Waals surface area (Å²) in [6.45, 7) is 2.09.